The molecule has 1 amide bonds. The quantitative estimate of drug-likeness (QED) is 0.745. The lowest BCUT2D eigenvalue weighted by molar-refractivity contribution is 0.0415. The van der Waals surface area contributed by atoms with Gasteiger partial charge >= 0.3 is 0 Å². The van der Waals surface area contributed by atoms with Crippen molar-refractivity contribution in [1.82, 2.24) is 9.58 Å². The van der Waals surface area contributed by atoms with Gasteiger partial charge in [-0.05, 0) is 19.3 Å². The van der Waals surface area contributed by atoms with Gasteiger partial charge in [-0.1, -0.05) is 0 Å². The standard InChI is InChI=1S/C14H19N3O5/c1-21-8-22-13-10(19)5-6-17-12(13)14(20)16-7-9(18)3-2-4-11(16)15-17/h5-6,9,11,15,18H,2-4,7-8H2,1H3. The molecule has 120 valence electrons. The van der Waals surface area contributed by atoms with E-state index in [0.717, 1.165) is 12.8 Å². The van der Waals surface area contributed by atoms with Gasteiger partial charge in [0.15, 0.2) is 12.5 Å². The summed E-state index contributed by atoms with van der Waals surface area (Å²) in [5.74, 6) is -0.368. The highest BCUT2D eigenvalue weighted by molar-refractivity contribution is 5.96. The highest BCUT2D eigenvalue weighted by atomic mass is 16.7. The molecule has 2 aliphatic rings. The maximum atomic E-state index is 12.8. The molecule has 0 aliphatic carbocycles. The summed E-state index contributed by atoms with van der Waals surface area (Å²) in [7, 11) is 1.44. The van der Waals surface area contributed by atoms with Gasteiger partial charge in [0.25, 0.3) is 5.91 Å². The number of carbonyl (C=O) groups is 1. The number of fused-ring (bicyclic) bond motifs is 2. The van der Waals surface area contributed by atoms with Crippen molar-refractivity contribution in [2.45, 2.75) is 31.5 Å². The third kappa shape index (κ3) is 2.55. The van der Waals surface area contributed by atoms with Gasteiger partial charge in [0.2, 0.25) is 11.2 Å². The van der Waals surface area contributed by atoms with Crippen LogP contribution in [-0.2, 0) is 4.74 Å². The first-order chi connectivity index (χ1) is 10.6. The zero-order valence-corrected chi connectivity index (χ0v) is 12.3. The molecule has 1 aromatic rings. The number of amides is 1. The summed E-state index contributed by atoms with van der Waals surface area (Å²) in [6.07, 6.45) is 2.99. The molecule has 1 fully saturated rings. The summed E-state index contributed by atoms with van der Waals surface area (Å²) in [6.45, 7) is 0.120. The van der Waals surface area contributed by atoms with Gasteiger partial charge in [-0.2, -0.15) is 0 Å². The molecule has 2 aliphatic heterocycles. The molecule has 1 saturated heterocycles. The van der Waals surface area contributed by atoms with Crippen molar-refractivity contribution in [3.05, 3.63) is 28.2 Å². The van der Waals surface area contributed by atoms with Crippen LogP contribution in [0.2, 0.25) is 0 Å². The molecule has 0 aromatic carbocycles. The van der Waals surface area contributed by atoms with Crippen LogP contribution in [0, 0.1) is 0 Å². The predicted molar refractivity (Wildman–Crippen MR) is 77.2 cm³/mol. The lowest BCUT2D eigenvalue weighted by Crippen LogP contribution is -2.55. The molecule has 8 heteroatoms. The van der Waals surface area contributed by atoms with Crippen molar-refractivity contribution in [3.8, 4) is 5.75 Å². The zero-order valence-electron chi connectivity index (χ0n) is 12.3. The molecule has 3 heterocycles. The minimum absolute atomic E-state index is 0.0426. The summed E-state index contributed by atoms with van der Waals surface area (Å²) in [6, 6.07) is 1.34. The van der Waals surface area contributed by atoms with E-state index in [2.05, 4.69) is 5.43 Å². The summed E-state index contributed by atoms with van der Waals surface area (Å²) >= 11 is 0. The fraction of sp³-hybridized carbons (Fsp3) is 0.571. The minimum atomic E-state index is -0.555. The lowest BCUT2D eigenvalue weighted by Gasteiger charge is -2.38. The maximum absolute atomic E-state index is 12.8. The first kappa shape index (κ1) is 14.9. The Bertz CT molecular complexity index is 629. The molecule has 2 unspecified atom stereocenters. The van der Waals surface area contributed by atoms with Crippen molar-refractivity contribution < 1.29 is 19.4 Å². The van der Waals surface area contributed by atoms with Gasteiger partial charge in [0.1, 0.15) is 6.17 Å². The average Bonchev–Trinajstić information content (AvgIpc) is 2.68. The number of rotatable bonds is 3. The average molecular weight is 309 g/mol. The highest BCUT2D eigenvalue weighted by Gasteiger charge is 2.37. The van der Waals surface area contributed by atoms with Gasteiger partial charge in [-0.25, -0.2) is 0 Å². The fourth-order valence-corrected chi connectivity index (χ4v) is 2.89. The molecule has 0 saturated carbocycles. The molecule has 0 bridgehead atoms. The largest absolute Gasteiger partial charge is 0.461 e. The third-order valence-corrected chi connectivity index (χ3v) is 3.93. The monoisotopic (exact) mass is 309 g/mol. The number of nitrogens with one attached hydrogen (secondary N) is 1. The second-order valence-corrected chi connectivity index (χ2v) is 5.47. The molecule has 22 heavy (non-hydrogen) atoms. The molecule has 2 N–H and O–H groups in total. The van der Waals surface area contributed by atoms with Gasteiger partial charge in [-0.15, -0.1) is 0 Å². The van der Waals surface area contributed by atoms with Crippen LogP contribution in [0.3, 0.4) is 0 Å². The van der Waals surface area contributed by atoms with E-state index in [0.29, 0.717) is 6.42 Å². The summed E-state index contributed by atoms with van der Waals surface area (Å²) < 4.78 is 11.6. The number of aromatic nitrogens is 1. The number of carbonyl (C=O) groups excluding carboxylic acids is 1. The minimum Gasteiger partial charge on any atom is -0.461 e. The van der Waals surface area contributed by atoms with Crippen LogP contribution < -0.4 is 15.6 Å². The van der Waals surface area contributed by atoms with E-state index in [4.69, 9.17) is 9.47 Å². The number of pyridine rings is 1. The number of nitrogens with zero attached hydrogens (tertiary/aromatic N) is 2. The lowest BCUT2D eigenvalue weighted by atomic mass is 10.2. The predicted octanol–water partition coefficient (Wildman–Crippen LogP) is -0.299. The smallest absolute Gasteiger partial charge is 0.278 e. The Balaban J connectivity index is 2.02. The van der Waals surface area contributed by atoms with Crippen molar-refractivity contribution in [2.75, 3.05) is 25.9 Å². The van der Waals surface area contributed by atoms with Gasteiger partial charge < -0.3 is 24.9 Å². The highest BCUT2D eigenvalue weighted by Crippen LogP contribution is 2.25. The van der Waals surface area contributed by atoms with Crippen LogP contribution in [0.4, 0.5) is 0 Å². The zero-order chi connectivity index (χ0) is 15.7. The molecule has 2 atom stereocenters. The second-order valence-electron chi connectivity index (χ2n) is 5.47. The van der Waals surface area contributed by atoms with E-state index in [1.165, 1.54) is 24.0 Å². The Morgan fingerprint density at radius 3 is 3.00 bits per heavy atom. The van der Waals surface area contributed by atoms with E-state index in [1.807, 2.05) is 0 Å². The molecule has 8 nitrogen and oxygen atoms in total. The van der Waals surface area contributed by atoms with Crippen LogP contribution in [0.1, 0.15) is 29.8 Å². The van der Waals surface area contributed by atoms with Crippen LogP contribution in [0.25, 0.3) is 0 Å². The van der Waals surface area contributed by atoms with Crippen LogP contribution in [-0.4, -0.2) is 53.3 Å². The number of hydrogen-bond acceptors (Lipinski definition) is 6. The SMILES string of the molecule is COCOc1c2n(ccc1=O)NC1CCCC(O)CN1C2=O. The van der Waals surface area contributed by atoms with Crippen LogP contribution >= 0.6 is 0 Å². The van der Waals surface area contributed by atoms with E-state index >= 15 is 0 Å². The number of methoxy groups -OCH3 is 1. The van der Waals surface area contributed by atoms with Crippen molar-refractivity contribution in [2.24, 2.45) is 0 Å². The fourth-order valence-electron chi connectivity index (χ4n) is 2.89. The Morgan fingerprint density at radius 1 is 1.41 bits per heavy atom. The van der Waals surface area contributed by atoms with Crippen molar-refractivity contribution >= 4 is 5.91 Å². The number of aliphatic hydroxyl groups excluding tert-OH is 1. The Hall–Kier alpha value is -2.06. The number of ether oxygens (including phenoxy) is 2. The molecular weight excluding hydrogens is 290 g/mol. The second kappa shape index (κ2) is 5.98. The first-order valence-corrected chi connectivity index (χ1v) is 7.25. The molecule has 0 spiro atoms. The topological polar surface area (TPSA) is 93.0 Å². The van der Waals surface area contributed by atoms with E-state index in [9.17, 15) is 14.7 Å². The summed E-state index contributed by atoms with van der Waals surface area (Å²) in [4.78, 5) is 26.3. The number of hydrogen-bond donors (Lipinski definition) is 2. The van der Waals surface area contributed by atoms with Crippen LogP contribution in [0.5, 0.6) is 5.75 Å². The van der Waals surface area contributed by atoms with E-state index in [-0.39, 0.29) is 42.3 Å². The van der Waals surface area contributed by atoms with Gasteiger partial charge in [-0.3, -0.25) is 14.3 Å². The Labute approximate surface area is 127 Å². The summed E-state index contributed by atoms with van der Waals surface area (Å²) in [5.41, 5.74) is 2.94. The molecule has 3 rings (SSSR count). The van der Waals surface area contributed by atoms with Gasteiger partial charge in [0, 0.05) is 25.9 Å². The van der Waals surface area contributed by atoms with Crippen LogP contribution in [0.15, 0.2) is 17.1 Å². The maximum Gasteiger partial charge on any atom is 0.278 e. The third-order valence-electron chi connectivity index (χ3n) is 3.93. The van der Waals surface area contributed by atoms with Crippen molar-refractivity contribution in [1.29, 1.82) is 0 Å². The molecule has 0 radical (unpaired) electrons. The number of aliphatic hydroxyl groups is 1. The normalized spacial score (nSPS) is 24.1. The molecular formula is C14H19N3O5. The molecule has 1 aromatic heterocycles. The Kier molecular flexibility index (Phi) is 4.04. The summed E-state index contributed by atoms with van der Waals surface area (Å²) in [5, 5.41) is 9.92. The van der Waals surface area contributed by atoms with Crippen molar-refractivity contribution in [3.63, 3.8) is 0 Å². The van der Waals surface area contributed by atoms with E-state index in [1.54, 1.807) is 4.90 Å². The first-order valence-electron chi connectivity index (χ1n) is 7.25. The van der Waals surface area contributed by atoms with Gasteiger partial charge in [0.05, 0.1) is 6.10 Å². The Morgan fingerprint density at radius 2 is 2.23 bits per heavy atom. The van der Waals surface area contributed by atoms with E-state index < -0.39 is 6.10 Å².